The summed E-state index contributed by atoms with van der Waals surface area (Å²) in [6.07, 6.45) is 0. The molecule has 1 aromatic rings. The lowest BCUT2D eigenvalue weighted by atomic mass is 9.86. The van der Waals surface area contributed by atoms with E-state index >= 15 is 0 Å². The molecule has 3 N–H and O–H groups in total. The molecule has 1 aromatic heterocycles. The first-order valence-corrected chi connectivity index (χ1v) is 5.36. The van der Waals surface area contributed by atoms with Gasteiger partial charge in [0.1, 0.15) is 0 Å². The number of thiophene rings is 1. The van der Waals surface area contributed by atoms with Crippen LogP contribution in [0.15, 0.2) is 12.1 Å². The molecule has 1 unspecified atom stereocenters. The summed E-state index contributed by atoms with van der Waals surface area (Å²) in [7, 11) is 0. The van der Waals surface area contributed by atoms with Gasteiger partial charge >= 0.3 is 0 Å². The van der Waals surface area contributed by atoms with E-state index in [4.69, 9.17) is 17.4 Å². The summed E-state index contributed by atoms with van der Waals surface area (Å²) < 4.78 is 0.805. The normalized spacial score (nSPS) is 14.5. The molecule has 1 rings (SSSR count). The van der Waals surface area contributed by atoms with Gasteiger partial charge in [-0.2, -0.15) is 0 Å². The fourth-order valence-electron chi connectivity index (χ4n) is 1.24. The van der Waals surface area contributed by atoms with Gasteiger partial charge in [0.2, 0.25) is 0 Å². The van der Waals surface area contributed by atoms with Crippen LogP contribution in [0.5, 0.6) is 0 Å². The van der Waals surface area contributed by atoms with Crippen LogP contribution in [-0.2, 0) is 0 Å². The van der Waals surface area contributed by atoms with Crippen LogP contribution in [0, 0.1) is 5.41 Å². The van der Waals surface area contributed by atoms with Crippen molar-refractivity contribution in [3.05, 3.63) is 21.3 Å². The first-order valence-electron chi connectivity index (χ1n) is 4.16. The van der Waals surface area contributed by atoms with Crippen molar-refractivity contribution in [2.75, 3.05) is 0 Å². The van der Waals surface area contributed by atoms with Crippen LogP contribution in [0.3, 0.4) is 0 Å². The van der Waals surface area contributed by atoms with Crippen LogP contribution < -0.4 is 11.3 Å². The number of halogens is 1. The molecule has 0 bridgehead atoms. The maximum absolute atomic E-state index is 5.86. The molecular weight excluding hydrogens is 204 g/mol. The van der Waals surface area contributed by atoms with Gasteiger partial charge in [0.15, 0.2) is 0 Å². The van der Waals surface area contributed by atoms with E-state index in [1.165, 1.54) is 4.88 Å². The average Bonchev–Trinajstić information content (AvgIpc) is 2.34. The Bertz CT molecular complexity index is 277. The molecule has 0 aliphatic heterocycles. The first kappa shape index (κ1) is 11.0. The van der Waals surface area contributed by atoms with Gasteiger partial charge in [0.25, 0.3) is 0 Å². The lowest BCUT2D eigenvalue weighted by Gasteiger charge is -2.28. The third-order valence-electron chi connectivity index (χ3n) is 1.91. The number of hydrogen-bond acceptors (Lipinski definition) is 3. The van der Waals surface area contributed by atoms with E-state index in [-0.39, 0.29) is 11.5 Å². The van der Waals surface area contributed by atoms with Crippen molar-refractivity contribution >= 4 is 22.9 Å². The molecule has 1 atom stereocenters. The van der Waals surface area contributed by atoms with Crippen LogP contribution >= 0.6 is 22.9 Å². The summed E-state index contributed by atoms with van der Waals surface area (Å²) in [4.78, 5) is 1.18. The third-order valence-corrected chi connectivity index (χ3v) is 3.21. The van der Waals surface area contributed by atoms with Crippen molar-refractivity contribution in [2.45, 2.75) is 26.8 Å². The van der Waals surface area contributed by atoms with Gasteiger partial charge < -0.3 is 0 Å². The zero-order chi connectivity index (χ0) is 10.1. The minimum atomic E-state index is 0.100. The molecule has 0 saturated heterocycles. The predicted molar refractivity (Wildman–Crippen MR) is 58.8 cm³/mol. The van der Waals surface area contributed by atoms with Gasteiger partial charge in [-0.25, -0.2) is 0 Å². The largest absolute Gasteiger partial charge is 0.271 e. The second kappa shape index (κ2) is 3.96. The Kier molecular flexibility index (Phi) is 3.35. The Balaban J connectivity index is 2.91. The highest BCUT2D eigenvalue weighted by Crippen LogP contribution is 2.36. The van der Waals surface area contributed by atoms with Gasteiger partial charge in [0, 0.05) is 4.88 Å². The Labute approximate surface area is 88.1 Å². The fraction of sp³-hybridized carbons (Fsp3) is 0.556. The molecule has 0 aliphatic carbocycles. The van der Waals surface area contributed by atoms with E-state index in [1.807, 2.05) is 12.1 Å². The first-order chi connectivity index (χ1) is 5.95. The lowest BCUT2D eigenvalue weighted by Crippen LogP contribution is -2.36. The third kappa shape index (κ3) is 2.68. The zero-order valence-corrected chi connectivity index (χ0v) is 9.67. The van der Waals surface area contributed by atoms with Crippen molar-refractivity contribution in [3.8, 4) is 0 Å². The highest BCUT2D eigenvalue weighted by atomic mass is 35.5. The summed E-state index contributed by atoms with van der Waals surface area (Å²) in [5.41, 5.74) is 2.92. The van der Waals surface area contributed by atoms with E-state index in [0.29, 0.717) is 0 Å². The quantitative estimate of drug-likeness (QED) is 0.592. The smallest absolute Gasteiger partial charge is 0.0931 e. The van der Waals surface area contributed by atoms with E-state index in [1.54, 1.807) is 11.3 Å². The molecule has 1 heterocycles. The van der Waals surface area contributed by atoms with Crippen molar-refractivity contribution in [1.82, 2.24) is 5.43 Å². The number of hydrazine groups is 1. The Morgan fingerprint density at radius 3 is 2.38 bits per heavy atom. The number of hydrogen-bond donors (Lipinski definition) is 2. The van der Waals surface area contributed by atoms with Crippen LogP contribution in [0.1, 0.15) is 31.7 Å². The zero-order valence-electron chi connectivity index (χ0n) is 8.10. The number of nitrogens with one attached hydrogen (secondary N) is 1. The Morgan fingerprint density at radius 1 is 1.46 bits per heavy atom. The highest BCUT2D eigenvalue weighted by molar-refractivity contribution is 7.16. The maximum atomic E-state index is 5.86. The molecule has 0 fully saturated rings. The van der Waals surface area contributed by atoms with Gasteiger partial charge in [0.05, 0.1) is 10.4 Å². The van der Waals surface area contributed by atoms with Crippen molar-refractivity contribution in [2.24, 2.45) is 11.3 Å². The summed E-state index contributed by atoms with van der Waals surface area (Å²) in [6.45, 7) is 6.43. The summed E-state index contributed by atoms with van der Waals surface area (Å²) in [6, 6.07) is 4.07. The van der Waals surface area contributed by atoms with Crippen molar-refractivity contribution in [1.29, 1.82) is 0 Å². The van der Waals surface area contributed by atoms with E-state index in [2.05, 4.69) is 26.2 Å². The van der Waals surface area contributed by atoms with Crippen LogP contribution in [0.4, 0.5) is 0 Å². The van der Waals surface area contributed by atoms with E-state index < -0.39 is 0 Å². The highest BCUT2D eigenvalue weighted by Gasteiger charge is 2.26. The Morgan fingerprint density at radius 2 is 2.08 bits per heavy atom. The summed E-state index contributed by atoms with van der Waals surface area (Å²) in [5, 5.41) is 0. The van der Waals surface area contributed by atoms with Gasteiger partial charge in [-0.1, -0.05) is 32.4 Å². The van der Waals surface area contributed by atoms with Gasteiger partial charge in [-0.05, 0) is 17.5 Å². The van der Waals surface area contributed by atoms with E-state index in [9.17, 15) is 0 Å². The number of nitrogens with two attached hydrogens (primary N) is 1. The molecular formula is C9H15ClN2S. The van der Waals surface area contributed by atoms with Crippen molar-refractivity contribution in [3.63, 3.8) is 0 Å². The molecule has 0 amide bonds. The SMILES string of the molecule is CC(C)(C)C(NN)c1ccc(Cl)s1. The molecule has 0 aromatic carbocycles. The average molecular weight is 219 g/mol. The molecule has 4 heteroatoms. The maximum Gasteiger partial charge on any atom is 0.0931 e. The van der Waals surface area contributed by atoms with Crippen LogP contribution in [0.2, 0.25) is 4.34 Å². The van der Waals surface area contributed by atoms with Gasteiger partial charge in [-0.3, -0.25) is 11.3 Å². The van der Waals surface area contributed by atoms with Crippen molar-refractivity contribution < 1.29 is 0 Å². The fourth-order valence-corrected chi connectivity index (χ4v) is 2.61. The Hall–Kier alpha value is -0.0900. The van der Waals surface area contributed by atoms with Gasteiger partial charge in [-0.15, -0.1) is 11.3 Å². The molecule has 0 spiro atoms. The molecule has 0 aliphatic rings. The second-order valence-corrected chi connectivity index (χ2v) is 5.85. The summed E-state index contributed by atoms with van der Waals surface area (Å²) >= 11 is 7.43. The minimum absolute atomic E-state index is 0.100. The number of rotatable bonds is 2. The molecule has 0 radical (unpaired) electrons. The molecule has 2 nitrogen and oxygen atoms in total. The topological polar surface area (TPSA) is 38.0 Å². The molecule has 74 valence electrons. The molecule has 13 heavy (non-hydrogen) atoms. The van der Waals surface area contributed by atoms with E-state index in [0.717, 1.165) is 4.34 Å². The second-order valence-electron chi connectivity index (χ2n) is 4.11. The standard InChI is InChI=1S/C9H15ClN2S/c1-9(2,3)8(12-11)6-4-5-7(10)13-6/h4-5,8,12H,11H2,1-3H3. The lowest BCUT2D eigenvalue weighted by molar-refractivity contribution is 0.279. The van der Waals surface area contributed by atoms with Crippen LogP contribution in [-0.4, -0.2) is 0 Å². The monoisotopic (exact) mass is 218 g/mol. The summed E-state index contributed by atoms with van der Waals surface area (Å²) in [5.74, 6) is 5.51. The minimum Gasteiger partial charge on any atom is -0.271 e. The van der Waals surface area contributed by atoms with Crippen LogP contribution in [0.25, 0.3) is 0 Å². The predicted octanol–water partition coefficient (Wildman–Crippen LogP) is 2.95. The molecule has 0 saturated carbocycles.